The fraction of sp³-hybridized carbons (Fsp3) is 0.333. The van der Waals surface area contributed by atoms with Gasteiger partial charge in [-0.05, 0) is 18.1 Å². The number of carbonyl (C=O) groups is 1. The van der Waals surface area contributed by atoms with E-state index >= 15 is 0 Å². The van der Waals surface area contributed by atoms with Crippen molar-refractivity contribution in [2.75, 3.05) is 7.11 Å². The predicted molar refractivity (Wildman–Crippen MR) is 84.5 cm³/mol. The number of methoxy groups -OCH3 is 1. The molecule has 0 unspecified atom stereocenters. The molecule has 0 bridgehead atoms. The van der Waals surface area contributed by atoms with Crippen molar-refractivity contribution in [3.63, 3.8) is 0 Å². The molecule has 0 radical (unpaired) electrons. The summed E-state index contributed by atoms with van der Waals surface area (Å²) >= 11 is 0. The Hall–Kier alpha value is -2.19. The fourth-order valence-electron chi connectivity index (χ4n) is 1.99. The summed E-state index contributed by atoms with van der Waals surface area (Å²) in [5.74, 6) is -0.875. The smallest absolute Gasteiger partial charge is 0.324 e. The lowest BCUT2D eigenvalue weighted by molar-refractivity contribution is -0.143. The van der Waals surface area contributed by atoms with Gasteiger partial charge in [-0.2, -0.15) is 9.82 Å². The molecule has 23 heavy (non-hydrogen) atoms. The zero-order chi connectivity index (χ0) is 17.0. The topological polar surface area (TPSA) is 90.3 Å². The third-order valence-electron chi connectivity index (χ3n) is 3.29. The van der Waals surface area contributed by atoms with Crippen molar-refractivity contribution in [3.8, 4) is 5.69 Å². The number of aromatic nitrogens is 2. The van der Waals surface area contributed by atoms with Crippen LogP contribution < -0.4 is 4.72 Å². The van der Waals surface area contributed by atoms with Gasteiger partial charge in [-0.15, -0.1) is 0 Å². The molecule has 1 aromatic carbocycles. The van der Waals surface area contributed by atoms with Gasteiger partial charge in [0.25, 0.3) is 0 Å². The monoisotopic (exact) mass is 337 g/mol. The zero-order valence-electron chi connectivity index (χ0n) is 13.1. The highest BCUT2D eigenvalue weighted by atomic mass is 32.2. The number of rotatable bonds is 6. The molecule has 1 N–H and O–H groups in total. The maximum absolute atomic E-state index is 12.4. The highest BCUT2D eigenvalue weighted by Crippen LogP contribution is 2.14. The Morgan fingerprint density at radius 2 is 1.91 bits per heavy atom. The second-order valence-electron chi connectivity index (χ2n) is 5.32. The molecule has 7 nitrogen and oxygen atoms in total. The molecule has 0 saturated heterocycles. The van der Waals surface area contributed by atoms with Gasteiger partial charge in [-0.3, -0.25) is 4.79 Å². The van der Waals surface area contributed by atoms with Crippen LogP contribution in [0.15, 0.2) is 47.6 Å². The second kappa shape index (κ2) is 6.93. The van der Waals surface area contributed by atoms with Crippen molar-refractivity contribution < 1.29 is 17.9 Å². The van der Waals surface area contributed by atoms with Crippen LogP contribution in [0.2, 0.25) is 0 Å². The van der Waals surface area contributed by atoms with E-state index < -0.39 is 22.0 Å². The number of carbonyl (C=O) groups excluding carboxylic acids is 1. The molecule has 8 heteroatoms. The van der Waals surface area contributed by atoms with Crippen LogP contribution in [-0.4, -0.2) is 37.3 Å². The van der Waals surface area contributed by atoms with E-state index in [0.717, 1.165) is 5.69 Å². The second-order valence-corrected chi connectivity index (χ2v) is 7.04. The summed E-state index contributed by atoms with van der Waals surface area (Å²) in [5, 5.41) is 4.05. The molecule has 124 valence electrons. The van der Waals surface area contributed by atoms with Crippen molar-refractivity contribution >= 4 is 16.0 Å². The molecule has 0 aliphatic carbocycles. The first-order chi connectivity index (χ1) is 10.8. The minimum atomic E-state index is -3.88. The Labute approximate surface area is 135 Å². The SMILES string of the molecule is COC(=O)[C@@H](NS(=O)(=O)c1cnn(-c2ccccc2)c1)C(C)C. The maximum Gasteiger partial charge on any atom is 0.324 e. The minimum absolute atomic E-state index is 0.0177. The summed E-state index contributed by atoms with van der Waals surface area (Å²) in [5.41, 5.74) is 0.738. The van der Waals surface area contributed by atoms with Crippen molar-refractivity contribution in [2.45, 2.75) is 24.8 Å². The molecule has 0 amide bonds. The highest BCUT2D eigenvalue weighted by molar-refractivity contribution is 7.89. The first kappa shape index (κ1) is 17.2. The lowest BCUT2D eigenvalue weighted by atomic mass is 10.1. The number of esters is 1. The lowest BCUT2D eigenvalue weighted by Gasteiger charge is -2.19. The van der Waals surface area contributed by atoms with Gasteiger partial charge >= 0.3 is 5.97 Å². The van der Waals surface area contributed by atoms with E-state index in [1.54, 1.807) is 13.8 Å². The van der Waals surface area contributed by atoms with E-state index in [2.05, 4.69) is 14.6 Å². The number of para-hydroxylation sites is 1. The van der Waals surface area contributed by atoms with E-state index in [4.69, 9.17) is 0 Å². The summed E-state index contributed by atoms with van der Waals surface area (Å²) in [6, 6.07) is 8.18. The standard InChI is InChI=1S/C15H19N3O4S/c1-11(2)14(15(19)22-3)17-23(20,21)13-9-16-18(10-13)12-7-5-4-6-8-12/h4-11,14,17H,1-3H3/t14-/m0/s1. The molecule has 2 aromatic rings. The fourth-order valence-corrected chi connectivity index (χ4v) is 3.25. The number of hydrogen-bond donors (Lipinski definition) is 1. The van der Waals surface area contributed by atoms with E-state index in [1.807, 2.05) is 30.3 Å². The Morgan fingerprint density at radius 1 is 1.26 bits per heavy atom. The molecule has 0 spiro atoms. The third kappa shape index (κ3) is 3.96. The summed E-state index contributed by atoms with van der Waals surface area (Å²) in [6.07, 6.45) is 2.64. The van der Waals surface area contributed by atoms with Gasteiger partial charge in [0.15, 0.2) is 0 Å². The lowest BCUT2D eigenvalue weighted by Crippen LogP contribution is -2.44. The minimum Gasteiger partial charge on any atom is -0.468 e. The highest BCUT2D eigenvalue weighted by Gasteiger charge is 2.29. The summed E-state index contributed by atoms with van der Waals surface area (Å²) in [6.45, 7) is 3.47. The van der Waals surface area contributed by atoms with Gasteiger partial charge in [0.1, 0.15) is 10.9 Å². The van der Waals surface area contributed by atoms with E-state index in [1.165, 1.54) is 24.2 Å². The van der Waals surface area contributed by atoms with Crippen LogP contribution in [-0.2, 0) is 19.6 Å². The van der Waals surface area contributed by atoms with Crippen molar-refractivity contribution in [3.05, 3.63) is 42.7 Å². The first-order valence-electron chi connectivity index (χ1n) is 7.05. The van der Waals surface area contributed by atoms with E-state index in [-0.39, 0.29) is 10.8 Å². The van der Waals surface area contributed by atoms with Crippen LogP contribution in [0.3, 0.4) is 0 Å². The van der Waals surface area contributed by atoms with Gasteiger partial charge in [0, 0.05) is 0 Å². The van der Waals surface area contributed by atoms with Gasteiger partial charge in [-0.25, -0.2) is 13.1 Å². The molecule has 0 fully saturated rings. The largest absolute Gasteiger partial charge is 0.468 e. The first-order valence-corrected chi connectivity index (χ1v) is 8.53. The number of hydrogen-bond acceptors (Lipinski definition) is 5. The van der Waals surface area contributed by atoms with Crippen molar-refractivity contribution in [1.29, 1.82) is 0 Å². The van der Waals surface area contributed by atoms with Crippen LogP contribution >= 0.6 is 0 Å². The Balaban J connectivity index is 2.26. The van der Waals surface area contributed by atoms with Crippen molar-refractivity contribution in [1.82, 2.24) is 14.5 Å². The van der Waals surface area contributed by atoms with Gasteiger partial charge < -0.3 is 4.74 Å². The van der Waals surface area contributed by atoms with Crippen LogP contribution in [0.4, 0.5) is 0 Å². The quantitative estimate of drug-likeness (QED) is 0.804. The molecular weight excluding hydrogens is 318 g/mol. The molecule has 0 saturated carbocycles. The molecule has 2 rings (SSSR count). The van der Waals surface area contributed by atoms with Crippen molar-refractivity contribution in [2.24, 2.45) is 5.92 Å². The number of nitrogens with zero attached hydrogens (tertiary/aromatic N) is 2. The maximum atomic E-state index is 12.4. The van der Waals surface area contributed by atoms with Crippen LogP contribution in [0.5, 0.6) is 0 Å². The molecule has 1 heterocycles. The Morgan fingerprint density at radius 3 is 2.48 bits per heavy atom. The van der Waals surface area contributed by atoms with E-state index in [0.29, 0.717) is 0 Å². The number of nitrogens with one attached hydrogen (secondary N) is 1. The average molecular weight is 337 g/mol. The molecular formula is C15H19N3O4S. The number of ether oxygens (including phenoxy) is 1. The van der Waals surface area contributed by atoms with Crippen LogP contribution in [0.25, 0.3) is 5.69 Å². The number of sulfonamides is 1. The Bertz CT molecular complexity index is 769. The predicted octanol–water partition coefficient (Wildman–Crippen LogP) is 1.35. The summed E-state index contributed by atoms with van der Waals surface area (Å²) in [7, 11) is -2.66. The van der Waals surface area contributed by atoms with E-state index in [9.17, 15) is 13.2 Å². The molecule has 0 aliphatic rings. The summed E-state index contributed by atoms with van der Waals surface area (Å²) < 4.78 is 33.3. The summed E-state index contributed by atoms with van der Waals surface area (Å²) in [4.78, 5) is 11.7. The normalized spacial score (nSPS) is 13.0. The van der Waals surface area contributed by atoms with Gasteiger partial charge in [-0.1, -0.05) is 32.0 Å². The molecule has 1 atom stereocenters. The Kier molecular flexibility index (Phi) is 5.17. The third-order valence-corrected chi connectivity index (χ3v) is 4.69. The van der Waals surface area contributed by atoms with Crippen LogP contribution in [0.1, 0.15) is 13.8 Å². The van der Waals surface area contributed by atoms with Crippen LogP contribution in [0, 0.1) is 5.92 Å². The van der Waals surface area contributed by atoms with Gasteiger partial charge in [0.2, 0.25) is 10.0 Å². The molecule has 0 aliphatic heterocycles. The zero-order valence-corrected chi connectivity index (χ0v) is 13.9. The average Bonchev–Trinajstić information content (AvgIpc) is 3.03. The van der Waals surface area contributed by atoms with Gasteiger partial charge in [0.05, 0.1) is 25.2 Å². The number of benzene rings is 1. The molecule has 1 aromatic heterocycles.